The van der Waals surface area contributed by atoms with Crippen LogP contribution in [-0.4, -0.2) is 5.75 Å². The topological polar surface area (TPSA) is 33.0 Å². The largest absolute Gasteiger partial charge is 0.456 e. The standard InChI is InChI=1S/C17H17NOS/c1-4-20-17-7-5-6-16(15(17)11-18)19-14-9-8-12(2)13(3)10-14/h5-10H,4H2,1-3H3. The van der Waals surface area contributed by atoms with E-state index < -0.39 is 0 Å². The van der Waals surface area contributed by atoms with Gasteiger partial charge in [-0.15, -0.1) is 11.8 Å². The van der Waals surface area contributed by atoms with Crippen LogP contribution in [0.15, 0.2) is 41.3 Å². The van der Waals surface area contributed by atoms with Crippen molar-refractivity contribution in [2.45, 2.75) is 25.7 Å². The normalized spacial score (nSPS) is 10.1. The summed E-state index contributed by atoms with van der Waals surface area (Å²) in [4.78, 5) is 0.969. The summed E-state index contributed by atoms with van der Waals surface area (Å²) in [6, 6.07) is 13.9. The van der Waals surface area contributed by atoms with Gasteiger partial charge in [0.2, 0.25) is 0 Å². The first-order valence-electron chi connectivity index (χ1n) is 6.56. The third kappa shape index (κ3) is 3.15. The number of rotatable bonds is 4. The van der Waals surface area contributed by atoms with E-state index in [0.29, 0.717) is 11.3 Å². The quantitative estimate of drug-likeness (QED) is 0.734. The highest BCUT2D eigenvalue weighted by molar-refractivity contribution is 7.99. The van der Waals surface area contributed by atoms with Gasteiger partial charge in [-0.2, -0.15) is 5.26 Å². The average Bonchev–Trinajstić information content (AvgIpc) is 2.44. The van der Waals surface area contributed by atoms with Crippen molar-refractivity contribution in [2.75, 3.05) is 5.75 Å². The Morgan fingerprint density at radius 2 is 1.95 bits per heavy atom. The summed E-state index contributed by atoms with van der Waals surface area (Å²) in [5, 5.41) is 9.36. The summed E-state index contributed by atoms with van der Waals surface area (Å²) in [5.41, 5.74) is 3.02. The zero-order valence-electron chi connectivity index (χ0n) is 11.9. The number of thioether (sulfide) groups is 1. The molecule has 0 amide bonds. The van der Waals surface area contributed by atoms with Gasteiger partial charge in [-0.3, -0.25) is 0 Å². The Bertz CT molecular complexity index is 659. The molecule has 102 valence electrons. The minimum absolute atomic E-state index is 0.609. The van der Waals surface area contributed by atoms with Gasteiger partial charge in [-0.25, -0.2) is 0 Å². The maximum atomic E-state index is 9.36. The molecule has 20 heavy (non-hydrogen) atoms. The van der Waals surface area contributed by atoms with Gasteiger partial charge in [0, 0.05) is 4.90 Å². The number of nitriles is 1. The maximum absolute atomic E-state index is 9.36. The molecule has 3 heteroatoms. The lowest BCUT2D eigenvalue weighted by molar-refractivity contribution is 0.479. The molecule has 0 heterocycles. The number of hydrogen-bond acceptors (Lipinski definition) is 3. The van der Waals surface area contributed by atoms with Gasteiger partial charge in [0.05, 0.1) is 0 Å². The summed E-state index contributed by atoms with van der Waals surface area (Å²) in [7, 11) is 0. The molecule has 0 spiro atoms. The fourth-order valence-electron chi connectivity index (χ4n) is 1.89. The summed E-state index contributed by atoms with van der Waals surface area (Å²) < 4.78 is 5.89. The molecule has 2 aromatic carbocycles. The van der Waals surface area contributed by atoms with Crippen LogP contribution >= 0.6 is 11.8 Å². The molecule has 0 unspecified atom stereocenters. The predicted octanol–water partition coefficient (Wildman–Crippen LogP) is 5.08. The zero-order valence-corrected chi connectivity index (χ0v) is 12.8. The van der Waals surface area contributed by atoms with E-state index in [0.717, 1.165) is 16.4 Å². The van der Waals surface area contributed by atoms with E-state index in [2.05, 4.69) is 26.8 Å². The first-order valence-corrected chi connectivity index (χ1v) is 7.55. The average molecular weight is 283 g/mol. The molecular formula is C17H17NOS. The van der Waals surface area contributed by atoms with Gasteiger partial charge >= 0.3 is 0 Å². The molecule has 2 aromatic rings. The molecule has 0 saturated heterocycles. The number of ether oxygens (including phenoxy) is 1. The minimum atomic E-state index is 0.609. The third-order valence-electron chi connectivity index (χ3n) is 3.11. The minimum Gasteiger partial charge on any atom is -0.456 e. The summed E-state index contributed by atoms with van der Waals surface area (Å²) in [5.74, 6) is 2.32. The third-order valence-corrected chi connectivity index (χ3v) is 4.05. The zero-order chi connectivity index (χ0) is 14.5. The van der Waals surface area contributed by atoms with Gasteiger partial charge in [-0.1, -0.05) is 19.1 Å². The molecule has 0 aliphatic heterocycles. The molecule has 2 nitrogen and oxygen atoms in total. The Hall–Kier alpha value is -1.92. The highest BCUT2D eigenvalue weighted by atomic mass is 32.2. The van der Waals surface area contributed by atoms with Gasteiger partial charge in [-0.05, 0) is 55.0 Å². The van der Waals surface area contributed by atoms with Gasteiger partial charge in [0.25, 0.3) is 0 Å². The first-order chi connectivity index (χ1) is 9.65. The number of nitrogens with zero attached hydrogens (tertiary/aromatic N) is 1. The van der Waals surface area contributed by atoms with Crippen LogP contribution in [0.1, 0.15) is 23.6 Å². The number of hydrogen-bond donors (Lipinski definition) is 0. The molecule has 0 saturated carbocycles. The van der Waals surface area contributed by atoms with Crippen molar-refractivity contribution in [3.05, 3.63) is 53.1 Å². The lowest BCUT2D eigenvalue weighted by Gasteiger charge is -2.11. The second-order valence-electron chi connectivity index (χ2n) is 4.52. The molecule has 0 atom stereocenters. The Labute approximate surface area is 124 Å². The molecule has 0 aliphatic carbocycles. The van der Waals surface area contributed by atoms with E-state index in [-0.39, 0.29) is 0 Å². The summed E-state index contributed by atoms with van der Waals surface area (Å²) >= 11 is 1.65. The fraction of sp³-hybridized carbons (Fsp3) is 0.235. The van der Waals surface area contributed by atoms with E-state index in [9.17, 15) is 5.26 Å². The van der Waals surface area contributed by atoms with E-state index in [1.54, 1.807) is 11.8 Å². The van der Waals surface area contributed by atoms with Gasteiger partial charge in [0.15, 0.2) is 0 Å². The molecule has 0 fully saturated rings. The number of aryl methyl sites for hydroxylation is 2. The second-order valence-corrected chi connectivity index (χ2v) is 5.83. The molecule has 0 N–H and O–H groups in total. The summed E-state index contributed by atoms with van der Waals surface area (Å²) in [6.07, 6.45) is 0. The Morgan fingerprint density at radius 3 is 2.60 bits per heavy atom. The van der Waals surface area contributed by atoms with Crippen LogP contribution in [0, 0.1) is 25.2 Å². The Kier molecular flexibility index (Phi) is 4.70. The van der Waals surface area contributed by atoms with Crippen molar-refractivity contribution in [1.82, 2.24) is 0 Å². The monoisotopic (exact) mass is 283 g/mol. The van der Waals surface area contributed by atoms with Gasteiger partial charge < -0.3 is 4.74 Å². The number of benzene rings is 2. The van der Waals surface area contributed by atoms with E-state index in [1.807, 2.05) is 36.4 Å². The molecule has 0 bridgehead atoms. The SMILES string of the molecule is CCSc1cccc(Oc2ccc(C)c(C)c2)c1C#N. The van der Waals surface area contributed by atoms with Crippen molar-refractivity contribution >= 4 is 11.8 Å². The first kappa shape index (κ1) is 14.5. The lowest BCUT2D eigenvalue weighted by atomic mass is 10.1. The molecule has 2 rings (SSSR count). The highest BCUT2D eigenvalue weighted by Crippen LogP contribution is 2.32. The van der Waals surface area contributed by atoms with Crippen LogP contribution in [-0.2, 0) is 0 Å². The second kappa shape index (κ2) is 6.49. The van der Waals surface area contributed by atoms with Crippen LogP contribution in [0.5, 0.6) is 11.5 Å². The van der Waals surface area contributed by atoms with Crippen molar-refractivity contribution in [2.24, 2.45) is 0 Å². The Balaban J connectivity index is 2.35. The van der Waals surface area contributed by atoms with Crippen molar-refractivity contribution in [3.63, 3.8) is 0 Å². The molecule has 0 aromatic heterocycles. The van der Waals surface area contributed by atoms with Crippen molar-refractivity contribution in [1.29, 1.82) is 5.26 Å². The van der Waals surface area contributed by atoms with E-state index >= 15 is 0 Å². The van der Waals surface area contributed by atoms with Gasteiger partial charge in [0.1, 0.15) is 23.1 Å². The molecular weight excluding hydrogens is 266 g/mol. The fourth-order valence-corrected chi connectivity index (χ4v) is 2.66. The predicted molar refractivity (Wildman–Crippen MR) is 83.5 cm³/mol. The smallest absolute Gasteiger partial charge is 0.146 e. The molecule has 0 aliphatic rings. The van der Waals surface area contributed by atoms with Crippen LogP contribution in [0.4, 0.5) is 0 Å². The lowest BCUT2D eigenvalue weighted by Crippen LogP contribution is -1.92. The van der Waals surface area contributed by atoms with Crippen LogP contribution < -0.4 is 4.74 Å². The summed E-state index contributed by atoms with van der Waals surface area (Å²) in [6.45, 7) is 6.19. The van der Waals surface area contributed by atoms with Crippen molar-refractivity contribution < 1.29 is 4.74 Å². The van der Waals surface area contributed by atoms with Crippen LogP contribution in [0.25, 0.3) is 0 Å². The molecule has 0 radical (unpaired) electrons. The van der Waals surface area contributed by atoms with E-state index in [4.69, 9.17) is 4.74 Å². The van der Waals surface area contributed by atoms with Crippen LogP contribution in [0.2, 0.25) is 0 Å². The van der Waals surface area contributed by atoms with Crippen molar-refractivity contribution in [3.8, 4) is 17.6 Å². The van der Waals surface area contributed by atoms with E-state index in [1.165, 1.54) is 11.1 Å². The van der Waals surface area contributed by atoms with Crippen LogP contribution in [0.3, 0.4) is 0 Å². The highest BCUT2D eigenvalue weighted by Gasteiger charge is 2.10. The maximum Gasteiger partial charge on any atom is 0.146 e. The Morgan fingerprint density at radius 1 is 1.15 bits per heavy atom.